The van der Waals surface area contributed by atoms with Crippen LogP contribution < -0.4 is 10.1 Å². The van der Waals surface area contributed by atoms with Gasteiger partial charge in [-0.05, 0) is 79.4 Å². The molecule has 0 aliphatic rings. The number of methoxy groups -OCH3 is 1. The summed E-state index contributed by atoms with van der Waals surface area (Å²) >= 11 is 0. The van der Waals surface area contributed by atoms with Crippen LogP contribution in [0.15, 0.2) is 60.2 Å². The minimum Gasteiger partial charge on any atom is -0.497 e. The lowest BCUT2D eigenvalue weighted by molar-refractivity contribution is -0.112. The predicted molar refractivity (Wildman–Crippen MR) is 125 cm³/mol. The standard InChI is InChI=1S/C26H27N3O2/c1-17(2)20-6-10-24(11-7-20)29-18(3)14-21(19(29)4)15-22(16-27)26(30)28-23-8-12-25(31-5)13-9-23/h6-15,17H,1-5H3,(H,28,30). The van der Waals surface area contributed by atoms with Gasteiger partial charge in [0.25, 0.3) is 5.91 Å². The molecule has 0 radical (unpaired) electrons. The summed E-state index contributed by atoms with van der Waals surface area (Å²) in [7, 11) is 1.58. The Bertz CT molecular complexity index is 1150. The van der Waals surface area contributed by atoms with E-state index in [1.54, 1.807) is 37.5 Å². The zero-order chi connectivity index (χ0) is 22.5. The zero-order valence-electron chi connectivity index (χ0n) is 18.6. The van der Waals surface area contributed by atoms with Crippen LogP contribution in [-0.2, 0) is 4.79 Å². The number of carbonyl (C=O) groups excluding carboxylic acids is 1. The Hall–Kier alpha value is -3.78. The van der Waals surface area contributed by atoms with Gasteiger partial charge in [0.2, 0.25) is 0 Å². The van der Waals surface area contributed by atoms with Crippen LogP contribution in [0.3, 0.4) is 0 Å². The summed E-state index contributed by atoms with van der Waals surface area (Å²) in [5.74, 6) is 0.725. The molecule has 0 fully saturated rings. The molecular formula is C26H27N3O2. The molecule has 0 spiro atoms. The van der Waals surface area contributed by atoms with Crippen LogP contribution in [0.2, 0.25) is 0 Å². The minimum atomic E-state index is -0.446. The molecule has 3 rings (SSSR count). The maximum Gasteiger partial charge on any atom is 0.266 e. The van der Waals surface area contributed by atoms with Crippen LogP contribution in [-0.4, -0.2) is 17.6 Å². The monoisotopic (exact) mass is 413 g/mol. The summed E-state index contributed by atoms with van der Waals surface area (Å²) in [5, 5.41) is 12.3. The molecule has 1 amide bonds. The Balaban J connectivity index is 1.88. The van der Waals surface area contributed by atoms with E-state index in [4.69, 9.17) is 4.74 Å². The SMILES string of the molecule is COc1ccc(NC(=O)C(C#N)=Cc2cc(C)n(-c3ccc(C(C)C)cc3)c2C)cc1. The number of nitrogens with zero attached hydrogens (tertiary/aromatic N) is 2. The summed E-state index contributed by atoms with van der Waals surface area (Å²) in [6.07, 6.45) is 1.64. The number of hydrogen-bond donors (Lipinski definition) is 1. The number of nitriles is 1. The summed E-state index contributed by atoms with van der Waals surface area (Å²) < 4.78 is 7.26. The Morgan fingerprint density at radius 1 is 1.10 bits per heavy atom. The van der Waals surface area contributed by atoms with Crippen LogP contribution in [0.5, 0.6) is 5.75 Å². The van der Waals surface area contributed by atoms with E-state index in [0.717, 1.165) is 22.6 Å². The summed E-state index contributed by atoms with van der Waals surface area (Å²) in [6, 6.07) is 19.5. The topological polar surface area (TPSA) is 67.0 Å². The number of aryl methyl sites for hydroxylation is 1. The normalized spacial score (nSPS) is 11.3. The van der Waals surface area contributed by atoms with E-state index in [9.17, 15) is 10.1 Å². The van der Waals surface area contributed by atoms with Gasteiger partial charge in [0.1, 0.15) is 17.4 Å². The Morgan fingerprint density at radius 3 is 2.29 bits per heavy atom. The molecule has 158 valence electrons. The Kier molecular flexibility index (Phi) is 6.61. The summed E-state index contributed by atoms with van der Waals surface area (Å²) in [5.41, 5.74) is 5.84. The fraction of sp³-hybridized carbons (Fsp3) is 0.231. The fourth-order valence-corrected chi connectivity index (χ4v) is 3.52. The van der Waals surface area contributed by atoms with Crippen molar-refractivity contribution in [2.24, 2.45) is 0 Å². The highest BCUT2D eigenvalue weighted by Gasteiger charge is 2.14. The van der Waals surface area contributed by atoms with Gasteiger partial charge < -0.3 is 14.6 Å². The summed E-state index contributed by atoms with van der Waals surface area (Å²) in [6.45, 7) is 8.35. The fourth-order valence-electron chi connectivity index (χ4n) is 3.52. The molecule has 5 nitrogen and oxygen atoms in total. The van der Waals surface area contributed by atoms with Crippen molar-refractivity contribution < 1.29 is 9.53 Å². The third-order valence-electron chi connectivity index (χ3n) is 5.30. The molecule has 0 atom stereocenters. The first-order valence-corrected chi connectivity index (χ1v) is 10.2. The van der Waals surface area contributed by atoms with E-state index in [1.165, 1.54) is 5.56 Å². The zero-order valence-corrected chi connectivity index (χ0v) is 18.6. The molecule has 0 aliphatic heterocycles. The molecule has 5 heteroatoms. The lowest BCUT2D eigenvalue weighted by Crippen LogP contribution is -2.13. The van der Waals surface area contributed by atoms with Crippen LogP contribution in [0.1, 0.15) is 42.3 Å². The van der Waals surface area contributed by atoms with E-state index in [0.29, 0.717) is 17.4 Å². The summed E-state index contributed by atoms with van der Waals surface area (Å²) in [4.78, 5) is 12.6. The quantitative estimate of drug-likeness (QED) is 0.412. The number of benzene rings is 2. The second-order valence-electron chi connectivity index (χ2n) is 7.76. The number of nitrogens with one attached hydrogen (secondary N) is 1. The van der Waals surface area contributed by atoms with E-state index in [1.807, 2.05) is 26.0 Å². The molecule has 2 aromatic carbocycles. The van der Waals surface area contributed by atoms with Gasteiger partial charge in [-0.2, -0.15) is 5.26 Å². The minimum absolute atomic E-state index is 0.0474. The van der Waals surface area contributed by atoms with Crippen LogP contribution in [0.25, 0.3) is 11.8 Å². The first-order chi connectivity index (χ1) is 14.8. The van der Waals surface area contributed by atoms with Gasteiger partial charge >= 0.3 is 0 Å². The lowest BCUT2D eigenvalue weighted by Gasteiger charge is -2.12. The number of carbonyl (C=O) groups is 1. The van der Waals surface area contributed by atoms with Gasteiger partial charge in [0.15, 0.2) is 0 Å². The van der Waals surface area contributed by atoms with Crippen molar-refractivity contribution >= 4 is 17.7 Å². The molecule has 31 heavy (non-hydrogen) atoms. The highest BCUT2D eigenvalue weighted by Crippen LogP contribution is 2.25. The van der Waals surface area contributed by atoms with Crippen molar-refractivity contribution in [2.75, 3.05) is 12.4 Å². The molecule has 0 aliphatic carbocycles. The van der Waals surface area contributed by atoms with Crippen molar-refractivity contribution in [2.45, 2.75) is 33.6 Å². The van der Waals surface area contributed by atoms with E-state index in [-0.39, 0.29) is 5.57 Å². The van der Waals surface area contributed by atoms with Crippen molar-refractivity contribution in [3.8, 4) is 17.5 Å². The third kappa shape index (κ3) is 4.87. The highest BCUT2D eigenvalue weighted by molar-refractivity contribution is 6.09. The van der Waals surface area contributed by atoms with Crippen molar-refractivity contribution in [1.29, 1.82) is 5.26 Å². The smallest absolute Gasteiger partial charge is 0.266 e. The number of ether oxygens (including phenoxy) is 1. The van der Waals surface area contributed by atoms with Crippen LogP contribution in [0, 0.1) is 25.2 Å². The van der Waals surface area contributed by atoms with Gasteiger partial charge in [-0.15, -0.1) is 0 Å². The second-order valence-corrected chi connectivity index (χ2v) is 7.76. The molecule has 1 heterocycles. The highest BCUT2D eigenvalue weighted by atomic mass is 16.5. The van der Waals surface area contributed by atoms with E-state index < -0.39 is 5.91 Å². The van der Waals surface area contributed by atoms with E-state index >= 15 is 0 Å². The number of anilines is 1. The lowest BCUT2D eigenvalue weighted by atomic mass is 10.0. The van der Waals surface area contributed by atoms with Crippen LogP contribution in [0.4, 0.5) is 5.69 Å². The largest absolute Gasteiger partial charge is 0.497 e. The van der Waals surface area contributed by atoms with Gasteiger partial charge in [-0.1, -0.05) is 26.0 Å². The van der Waals surface area contributed by atoms with Gasteiger partial charge in [0.05, 0.1) is 7.11 Å². The predicted octanol–water partition coefficient (Wildman–Crippen LogP) is 5.77. The number of rotatable bonds is 6. The number of amides is 1. The third-order valence-corrected chi connectivity index (χ3v) is 5.30. The second kappa shape index (κ2) is 9.36. The number of hydrogen-bond acceptors (Lipinski definition) is 3. The first-order valence-electron chi connectivity index (χ1n) is 10.2. The Morgan fingerprint density at radius 2 is 1.74 bits per heavy atom. The first kappa shape index (κ1) is 21.9. The van der Waals surface area contributed by atoms with Gasteiger partial charge in [-0.25, -0.2) is 0 Å². The van der Waals surface area contributed by atoms with Gasteiger partial charge in [-0.3, -0.25) is 4.79 Å². The van der Waals surface area contributed by atoms with Crippen molar-refractivity contribution in [1.82, 2.24) is 4.57 Å². The Labute approximate surface area is 183 Å². The van der Waals surface area contributed by atoms with Crippen LogP contribution >= 0.6 is 0 Å². The molecular weight excluding hydrogens is 386 g/mol. The molecule has 3 aromatic rings. The molecule has 0 saturated heterocycles. The molecule has 0 bridgehead atoms. The molecule has 0 saturated carbocycles. The number of aromatic nitrogens is 1. The molecule has 0 unspecified atom stereocenters. The average Bonchev–Trinajstić information content (AvgIpc) is 3.05. The molecule has 1 N–H and O–H groups in total. The van der Waals surface area contributed by atoms with Crippen molar-refractivity contribution in [3.05, 3.63) is 82.7 Å². The maximum absolute atomic E-state index is 12.6. The average molecular weight is 414 g/mol. The van der Waals surface area contributed by atoms with E-state index in [2.05, 4.69) is 48.0 Å². The van der Waals surface area contributed by atoms with Crippen molar-refractivity contribution in [3.63, 3.8) is 0 Å². The molecule has 1 aromatic heterocycles. The maximum atomic E-state index is 12.6. The van der Waals surface area contributed by atoms with Gasteiger partial charge in [0, 0.05) is 22.8 Å².